The smallest absolute Gasteiger partial charge is 0.0234 e. The molecular weight excluding hydrogens is 218 g/mol. The second-order valence-electron chi connectivity index (χ2n) is 5.30. The van der Waals surface area contributed by atoms with Gasteiger partial charge in [-0.1, -0.05) is 48.5 Å². The molecule has 18 heavy (non-hydrogen) atoms. The summed E-state index contributed by atoms with van der Waals surface area (Å²) in [5, 5.41) is 0. The molecule has 0 aliphatic carbocycles. The van der Waals surface area contributed by atoms with E-state index in [0.717, 1.165) is 13.1 Å². The molecule has 1 atom stereocenters. The van der Waals surface area contributed by atoms with E-state index in [9.17, 15) is 0 Å². The quantitative estimate of drug-likeness (QED) is 0.733. The maximum atomic E-state index is 2.42. The molecule has 1 aliphatic rings. The lowest BCUT2D eigenvalue weighted by Gasteiger charge is -2.33. The summed E-state index contributed by atoms with van der Waals surface area (Å²) in [7, 11) is 2.21. The lowest BCUT2D eigenvalue weighted by molar-refractivity contribution is 0.295. The van der Waals surface area contributed by atoms with Crippen LogP contribution >= 0.6 is 0 Å². The summed E-state index contributed by atoms with van der Waals surface area (Å²) in [6.07, 6.45) is 0. The van der Waals surface area contributed by atoms with E-state index in [4.69, 9.17) is 0 Å². The van der Waals surface area contributed by atoms with E-state index >= 15 is 0 Å². The molecule has 2 aromatic carbocycles. The van der Waals surface area contributed by atoms with Crippen LogP contribution in [0, 0.1) is 6.92 Å². The Morgan fingerprint density at radius 2 is 1.61 bits per heavy atom. The molecule has 1 unspecified atom stereocenters. The number of benzene rings is 2. The molecule has 0 spiro atoms. The Hall–Kier alpha value is -1.60. The van der Waals surface area contributed by atoms with Crippen molar-refractivity contribution in [2.24, 2.45) is 0 Å². The fraction of sp³-hybridized carbons (Fsp3) is 0.294. The van der Waals surface area contributed by atoms with Crippen LogP contribution in [0.3, 0.4) is 0 Å². The number of likely N-dealkylation sites (N-methyl/N-ethyl adjacent to an activating group) is 1. The van der Waals surface area contributed by atoms with Crippen LogP contribution in [0.25, 0.3) is 0 Å². The molecule has 92 valence electrons. The summed E-state index contributed by atoms with van der Waals surface area (Å²) in [6, 6.07) is 17.6. The van der Waals surface area contributed by atoms with Crippen LogP contribution in [0.4, 0.5) is 0 Å². The monoisotopic (exact) mass is 237 g/mol. The highest BCUT2D eigenvalue weighted by molar-refractivity contribution is 5.42. The minimum absolute atomic E-state index is 0.515. The minimum atomic E-state index is 0.515. The SMILES string of the molecule is Cc1ccccc1C1CN(C)Cc2ccccc21. The van der Waals surface area contributed by atoms with Crippen molar-refractivity contribution in [2.45, 2.75) is 19.4 Å². The first-order valence-electron chi connectivity index (χ1n) is 6.57. The van der Waals surface area contributed by atoms with E-state index < -0.39 is 0 Å². The summed E-state index contributed by atoms with van der Waals surface area (Å²) in [5.74, 6) is 0.515. The highest BCUT2D eigenvalue weighted by atomic mass is 15.1. The molecule has 0 aromatic heterocycles. The van der Waals surface area contributed by atoms with Gasteiger partial charge in [-0.05, 0) is 36.2 Å². The van der Waals surface area contributed by atoms with Gasteiger partial charge in [-0.3, -0.25) is 0 Å². The second-order valence-corrected chi connectivity index (χ2v) is 5.30. The fourth-order valence-electron chi connectivity index (χ4n) is 3.03. The maximum Gasteiger partial charge on any atom is 0.0234 e. The average Bonchev–Trinajstić information content (AvgIpc) is 2.38. The molecule has 0 bridgehead atoms. The van der Waals surface area contributed by atoms with Crippen LogP contribution < -0.4 is 0 Å². The van der Waals surface area contributed by atoms with Crippen LogP contribution in [0.15, 0.2) is 48.5 Å². The molecular formula is C17H19N. The van der Waals surface area contributed by atoms with E-state index in [1.54, 1.807) is 0 Å². The number of fused-ring (bicyclic) bond motifs is 1. The molecule has 1 aliphatic heterocycles. The zero-order valence-electron chi connectivity index (χ0n) is 11.1. The number of aryl methyl sites for hydroxylation is 1. The summed E-state index contributed by atoms with van der Waals surface area (Å²) in [5.41, 5.74) is 5.84. The van der Waals surface area contributed by atoms with Crippen LogP contribution in [-0.4, -0.2) is 18.5 Å². The molecule has 1 heterocycles. The van der Waals surface area contributed by atoms with Crippen LogP contribution in [0.1, 0.15) is 28.2 Å². The van der Waals surface area contributed by atoms with E-state index in [1.165, 1.54) is 22.3 Å². The highest BCUT2D eigenvalue weighted by Gasteiger charge is 2.24. The van der Waals surface area contributed by atoms with Gasteiger partial charge in [-0.2, -0.15) is 0 Å². The lowest BCUT2D eigenvalue weighted by atomic mass is 9.83. The highest BCUT2D eigenvalue weighted by Crippen LogP contribution is 2.34. The molecule has 0 fully saturated rings. The van der Waals surface area contributed by atoms with Crippen molar-refractivity contribution in [3.63, 3.8) is 0 Å². The second kappa shape index (κ2) is 4.58. The van der Waals surface area contributed by atoms with Crippen LogP contribution in [0.5, 0.6) is 0 Å². The summed E-state index contributed by atoms with van der Waals surface area (Å²) < 4.78 is 0. The van der Waals surface area contributed by atoms with E-state index in [0.29, 0.717) is 5.92 Å². The number of nitrogens with zero attached hydrogens (tertiary/aromatic N) is 1. The molecule has 0 N–H and O–H groups in total. The topological polar surface area (TPSA) is 3.24 Å². The van der Waals surface area contributed by atoms with E-state index in [1.807, 2.05) is 0 Å². The van der Waals surface area contributed by atoms with Gasteiger partial charge < -0.3 is 4.90 Å². The Balaban J connectivity index is 2.11. The van der Waals surface area contributed by atoms with Crippen molar-refractivity contribution >= 4 is 0 Å². The Bertz CT molecular complexity index is 559. The van der Waals surface area contributed by atoms with Crippen molar-refractivity contribution in [3.05, 3.63) is 70.8 Å². The number of hydrogen-bond donors (Lipinski definition) is 0. The Labute approximate surface area is 109 Å². The third kappa shape index (κ3) is 1.95. The summed E-state index contributed by atoms with van der Waals surface area (Å²) >= 11 is 0. The number of hydrogen-bond acceptors (Lipinski definition) is 1. The van der Waals surface area contributed by atoms with Crippen molar-refractivity contribution < 1.29 is 0 Å². The molecule has 3 rings (SSSR count). The normalized spacial score (nSPS) is 19.6. The van der Waals surface area contributed by atoms with Crippen LogP contribution in [0.2, 0.25) is 0 Å². The van der Waals surface area contributed by atoms with Gasteiger partial charge >= 0.3 is 0 Å². The van der Waals surface area contributed by atoms with Gasteiger partial charge in [0, 0.05) is 19.0 Å². The molecule has 2 aromatic rings. The van der Waals surface area contributed by atoms with Crippen LogP contribution in [-0.2, 0) is 6.54 Å². The first-order valence-corrected chi connectivity index (χ1v) is 6.57. The van der Waals surface area contributed by atoms with Crippen molar-refractivity contribution in [1.82, 2.24) is 4.90 Å². The van der Waals surface area contributed by atoms with Gasteiger partial charge in [0.15, 0.2) is 0 Å². The standard InChI is InChI=1S/C17H19N/c1-13-7-3-5-9-15(13)17-12-18(2)11-14-8-4-6-10-16(14)17/h3-10,17H,11-12H2,1-2H3. The summed E-state index contributed by atoms with van der Waals surface area (Å²) in [4.78, 5) is 2.42. The Morgan fingerprint density at radius 1 is 0.944 bits per heavy atom. The molecule has 0 saturated carbocycles. The largest absolute Gasteiger partial charge is 0.301 e. The van der Waals surface area contributed by atoms with Crippen molar-refractivity contribution in [1.29, 1.82) is 0 Å². The van der Waals surface area contributed by atoms with E-state index in [-0.39, 0.29) is 0 Å². The zero-order valence-corrected chi connectivity index (χ0v) is 11.1. The predicted molar refractivity (Wildman–Crippen MR) is 75.8 cm³/mol. The average molecular weight is 237 g/mol. The van der Waals surface area contributed by atoms with Gasteiger partial charge in [0.05, 0.1) is 0 Å². The van der Waals surface area contributed by atoms with Crippen molar-refractivity contribution in [2.75, 3.05) is 13.6 Å². The number of rotatable bonds is 1. The van der Waals surface area contributed by atoms with Crippen molar-refractivity contribution in [3.8, 4) is 0 Å². The van der Waals surface area contributed by atoms with Gasteiger partial charge in [0.2, 0.25) is 0 Å². The predicted octanol–water partition coefficient (Wildman–Crippen LogP) is 3.57. The lowest BCUT2D eigenvalue weighted by Crippen LogP contribution is -2.31. The molecule has 0 amide bonds. The molecule has 0 radical (unpaired) electrons. The van der Waals surface area contributed by atoms with E-state index in [2.05, 4.69) is 67.4 Å². The van der Waals surface area contributed by atoms with Gasteiger partial charge in [-0.15, -0.1) is 0 Å². The molecule has 1 nitrogen and oxygen atoms in total. The van der Waals surface area contributed by atoms with Gasteiger partial charge in [0.1, 0.15) is 0 Å². The first-order chi connectivity index (χ1) is 8.75. The fourth-order valence-corrected chi connectivity index (χ4v) is 3.03. The third-order valence-electron chi connectivity index (χ3n) is 3.93. The summed E-state index contributed by atoms with van der Waals surface area (Å²) in [6.45, 7) is 4.40. The van der Waals surface area contributed by atoms with Gasteiger partial charge in [-0.25, -0.2) is 0 Å². The first kappa shape index (κ1) is 11.5. The Morgan fingerprint density at radius 3 is 2.39 bits per heavy atom. The molecule has 1 heteroatoms. The Kier molecular flexibility index (Phi) is 2.92. The minimum Gasteiger partial charge on any atom is -0.301 e. The zero-order chi connectivity index (χ0) is 12.5. The maximum absolute atomic E-state index is 2.42. The van der Waals surface area contributed by atoms with Gasteiger partial charge in [0.25, 0.3) is 0 Å². The molecule has 0 saturated heterocycles. The third-order valence-corrected chi connectivity index (χ3v) is 3.93.